The molecule has 0 saturated carbocycles. The van der Waals surface area contributed by atoms with E-state index in [1.165, 1.54) is 22.0 Å². The van der Waals surface area contributed by atoms with E-state index in [-0.39, 0.29) is 10.6 Å². The largest absolute Gasteiger partial charge is 0.313 e. The summed E-state index contributed by atoms with van der Waals surface area (Å²) in [6.07, 6.45) is 4.20. The summed E-state index contributed by atoms with van der Waals surface area (Å²) < 4.78 is 2.33. The van der Waals surface area contributed by atoms with E-state index < -0.39 is 0 Å². The molecule has 2 aromatic carbocycles. The summed E-state index contributed by atoms with van der Waals surface area (Å²) in [6.45, 7) is 4.42. The lowest BCUT2D eigenvalue weighted by atomic mass is 9.97. The molecule has 2 aromatic heterocycles. The highest BCUT2D eigenvalue weighted by molar-refractivity contribution is 6.04. The Kier molecular flexibility index (Phi) is 4.11. The second-order valence-electron chi connectivity index (χ2n) is 6.84. The van der Waals surface area contributed by atoms with Gasteiger partial charge in [-0.2, -0.15) is 0 Å². The van der Waals surface area contributed by atoms with Crippen LogP contribution in [0.4, 0.5) is 5.69 Å². The van der Waals surface area contributed by atoms with E-state index in [1.54, 1.807) is 12.1 Å². The minimum atomic E-state index is -0.324. The van der Waals surface area contributed by atoms with E-state index in [2.05, 4.69) is 48.6 Å². The van der Waals surface area contributed by atoms with Crippen molar-refractivity contribution in [3.8, 4) is 0 Å². The van der Waals surface area contributed by atoms with Crippen LogP contribution in [0.15, 0.2) is 48.5 Å². The van der Waals surface area contributed by atoms with Gasteiger partial charge in [0, 0.05) is 28.6 Å². The van der Waals surface area contributed by atoms with Crippen LogP contribution in [0.2, 0.25) is 0 Å². The Hall–Kier alpha value is -2.88. The molecule has 0 amide bonds. The Morgan fingerprint density at radius 2 is 1.65 bits per heavy atom. The monoisotopic (exact) mass is 346 g/mol. The van der Waals surface area contributed by atoms with Crippen molar-refractivity contribution in [3.63, 3.8) is 0 Å². The summed E-state index contributed by atoms with van der Waals surface area (Å²) in [5.41, 5.74) is 5.08. The second-order valence-corrected chi connectivity index (χ2v) is 6.84. The van der Waals surface area contributed by atoms with Crippen molar-refractivity contribution in [1.29, 1.82) is 0 Å². The van der Waals surface area contributed by atoms with Crippen LogP contribution in [-0.4, -0.2) is 9.32 Å². The number of aryl methyl sites for hydroxylation is 2. The van der Waals surface area contributed by atoms with Crippen LogP contribution in [0, 0.1) is 10.1 Å². The summed E-state index contributed by atoms with van der Waals surface area (Å²) in [5.74, 6) is 0. The fourth-order valence-corrected chi connectivity index (χ4v) is 4.09. The number of nitrogens with zero attached hydrogens (tertiary/aromatic N) is 2. The summed E-state index contributed by atoms with van der Waals surface area (Å²) in [5, 5.41) is 14.6. The maximum atomic E-state index is 11.2. The molecule has 0 N–H and O–H groups in total. The Labute approximate surface area is 152 Å². The molecular formula is C22H22N2O2. The van der Waals surface area contributed by atoms with Gasteiger partial charge in [-0.15, -0.1) is 0 Å². The molecule has 0 radical (unpaired) electrons. The quantitative estimate of drug-likeness (QED) is 0.326. The normalized spacial score (nSPS) is 11.6. The number of non-ortho nitro benzene ring substituents is 1. The number of rotatable bonds is 5. The van der Waals surface area contributed by atoms with Crippen LogP contribution in [-0.2, 0) is 12.8 Å². The lowest BCUT2D eigenvalue weighted by Gasteiger charge is -2.17. The van der Waals surface area contributed by atoms with Gasteiger partial charge in [0.05, 0.1) is 16.0 Å². The smallest absolute Gasteiger partial charge is 0.270 e. The molecule has 4 nitrogen and oxygen atoms in total. The van der Waals surface area contributed by atoms with E-state index >= 15 is 0 Å². The van der Waals surface area contributed by atoms with Gasteiger partial charge in [0.25, 0.3) is 5.69 Å². The number of aromatic nitrogens is 1. The molecule has 4 rings (SSSR count). The molecule has 0 atom stereocenters. The molecule has 0 unspecified atom stereocenters. The molecule has 4 heteroatoms. The second kappa shape index (κ2) is 6.45. The Balaban J connectivity index is 2.20. The van der Waals surface area contributed by atoms with Gasteiger partial charge in [-0.25, -0.2) is 0 Å². The molecular weight excluding hydrogens is 324 g/mol. The van der Waals surface area contributed by atoms with Crippen molar-refractivity contribution in [3.05, 3.63) is 69.9 Å². The van der Waals surface area contributed by atoms with Crippen molar-refractivity contribution < 1.29 is 4.92 Å². The first kappa shape index (κ1) is 16.6. The fraction of sp³-hybridized carbons (Fsp3) is 0.273. The third-order valence-electron chi connectivity index (χ3n) is 5.13. The summed E-state index contributed by atoms with van der Waals surface area (Å²) >= 11 is 0. The van der Waals surface area contributed by atoms with Gasteiger partial charge in [-0.1, -0.05) is 51.0 Å². The first-order valence-electron chi connectivity index (χ1n) is 9.27. The number of fused-ring (bicyclic) bond motifs is 5. The summed E-state index contributed by atoms with van der Waals surface area (Å²) in [6, 6.07) is 15.8. The number of nitro groups is 1. The molecule has 0 saturated heterocycles. The van der Waals surface area contributed by atoms with Gasteiger partial charge >= 0.3 is 0 Å². The fourth-order valence-electron chi connectivity index (χ4n) is 4.09. The maximum absolute atomic E-state index is 11.2. The molecule has 26 heavy (non-hydrogen) atoms. The number of pyridine rings is 1. The van der Waals surface area contributed by atoms with E-state index in [0.29, 0.717) is 0 Å². The highest BCUT2D eigenvalue weighted by Crippen LogP contribution is 2.34. The molecule has 4 aromatic rings. The zero-order valence-electron chi connectivity index (χ0n) is 15.2. The third kappa shape index (κ3) is 2.45. The minimum absolute atomic E-state index is 0.142. The predicted molar refractivity (Wildman–Crippen MR) is 107 cm³/mol. The van der Waals surface area contributed by atoms with Crippen LogP contribution in [0.5, 0.6) is 0 Å². The maximum Gasteiger partial charge on any atom is 0.270 e. The average molecular weight is 346 g/mol. The Bertz CT molecular complexity index is 1140. The van der Waals surface area contributed by atoms with Crippen molar-refractivity contribution in [2.75, 3.05) is 0 Å². The van der Waals surface area contributed by atoms with E-state index in [0.717, 1.165) is 42.1 Å². The van der Waals surface area contributed by atoms with Crippen molar-refractivity contribution in [2.24, 2.45) is 0 Å². The van der Waals surface area contributed by atoms with Gasteiger partial charge in [0.2, 0.25) is 0 Å². The van der Waals surface area contributed by atoms with Crippen LogP contribution < -0.4 is 0 Å². The van der Waals surface area contributed by atoms with Crippen LogP contribution in [0.1, 0.15) is 37.9 Å². The highest BCUT2D eigenvalue weighted by Gasteiger charge is 2.17. The van der Waals surface area contributed by atoms with Crippen LogP contribution in [0.25, 0.3) is 27.2 Å². The first-order chi connectivity index (χ1) is 12.7. The third-order valence-corrected chi connectivity index (χ3v) is 5.13. The first-order valence-corrected chi connectivity index (χ1v) is 9.27. The van der Waals surface area contributed by atoms with Crippen molar-refractivity contribution in [2.45, 2.75) is 39.5 Å². The molecule has 0 aliphatic rings. The van der Waals surface area contributed by atoms with Crippen molar-refractivity contribution >= 4 is 32.9 Å². The molecule has 0 spiro atoms. The van der Waals surface area contributed by atoms with E-state index in [9.17, 15) is 10.1 Å². The van der Waals surface area contributed by atoms with Gasteiger partial charge < -0.3 is 4.40 Å². The zero-order chi connectivity index (χ0) is 18.3. The Morgan fingerprint density at radius 1 is 0.923 bits per heavy atom. The number of hydrogen-bond donors (Lipinski definition) is 0. The van der Waals surface area contributed by atoms with Gasteiger partial charge in [0.1, 0.15) is 0 Å². The Morgan fingerprint density at radius 3 is 2.35 bits per heavy atom. The molecule has 2 heterocycles. The lowest BCUT2D eigenvalue weighted by molar-refractivity contribution is -0.384. The highest BCUT2D eigenvalue weighted by atomic mass is 16.6. The van der Waals surface area contributed by atoms with E-state index in [4.69, 9.17) is 0 Å². The van der Waals surface area contributed by atoms with Crippen LogP contribution in [0.3, 0.4) is 0 Å². The predicted octanol–water partition coefficient (Wildman–Crippen LogP) is 6.06. The molecule has 132 valence electrons. The van der Waals surface area contributed by atoms with Gasteiger partial charge in [0.15, 0.2) is 0 Å². The standard InChI is InChI=1S/C22H22N2O2/c1-3-7-18-17-9-5-6-10-19(17)22-14-15-13-16(24(25)26)11-12-20(15)23(22)21(18)8-4-2/h5-6,9-14H,3-4,7-8H2,1-2H3. The SMILES string of the molecule is CCCc1c(CCC)n2c3ccc([N+](=O)[O-])cc3cc2c2ccccc12. The average Bonchev–Trinajstić information content (AvgIpc) is 3.03. The molecule has 0 bridgehead atoms. The number of benzene rings is 2. The van der Waals surface area contributed by atoms with Gasteiger partial charge in [-0.05, 0) is 35.9 Å². The van der Waals surface area contributed by atoms with Gasteiger partial charge in [-0.3, -0.25) is 10.1 Å². The molecule has 0 aliphatic heterocycles. The van der Waals surface area contributed by atoms with Crippen LogP contribution >= 0.6 is 0 Å². The molecule has 0 aliphatic carbocycles. The van der Waals surface area contributed by atoms with Crippen molar-refractivity contribution in [1.82, 2.24) is 4.40 Å². The zero-order valence-corrected chi connectivity index (χ0v) is 15.2. The number of hydrogen-bond acceptors (Lipinski definition) is 2. The summed E-state index contributed by atoms with van der Waals surface area (Å²) in [4.78, 5) is 10.9. The number of nitro benzene ring substituents is 1. The minimum Gasteiger partial charge on any atom is -0.313 e. The topological polar surface area (TPSA) is 47.5 Å². The summed E-state index contributed by atoms with van der Waals surface area (Å²) in [7, 11) is 0. The molecule has 0 fully saturated rings. The van der Waals surface area contributed by atoms with E-state index in [1.807, 2.05) is 6.07 Å². The lowest BCUT2D eigenvalue weighted by Crippen LogP contribution is -2.04.